The monoisotopic (exact) mass is 286 g/mol. The van der Waals surface area contributed by atoms with Gasteiger partial charge in [-0.1, -0.05) is 13.8 Å². The van der Waals surface area contributed by atoms with E-state index in [1.807, 2.05) is 7.05 Å². The van der Waals surface area contributed by atoms with Crippen molar-refractivity contribution >= 4 is 18.3 Å². The summed E-state index contributed by atoms with van der Waals surface area (Å²) in [6.07, 6.45) is 3.98. The number of hydrogen-bond acceptors (Lipinski definition) is 3. The standard InChI is InChI=1S/C13H22N4O.ClH/c1-9(2)12-11(8-17(3)16-12)13(18)15-10-5-4-6-14-7-10;/h8-10,14H,4-7H2,1-3H3,(H,15,18);1H/t10-;/m0./s1. The van der Waals surface area contributed by atoms with Crippen LogP contribution in [0.5, 0.6) is 0 Å². The Hall–Kier alpha value is -1.07. The van der Waals surface area contributed by atoms with E-state index in [2.05, 4.69) is 29.6 Å². The Morgan fingerprint density at radius 2 is 2.32 bits per heavy atom. The van der Waals surface area contributed by atoms with Gasteiger partial charge in [0.25, 0.3) is 5.91 Å². The number of amides is 1. The van der Waals surface area contributed by atoms with Crippen molar-refractivity contribution in [3.8, 4) is 0 Å². The van der Waals surface area contributed by atoms with Crippen molar-refractivity contribution in [3.63, 3.8) is 0 Å². The lowest BCUT2D eigenvalue weighted by Gasteiger charge is -2.23. The minimum atomic E-state index is 0. The topological polar surface area (TPSA) is 59.0 Å². The molecule has 0 spiro atoms. The molecule has 19 heavy (non-hydrogen) atoms. The summed E-state index contributed by atoms with van der Waals surface area (Å²) in [5, 5.41) is 10.8. The lowest BCUT2D eigenvalue weighted by atomic mass is 10.0. The van der Waals surface area contributed by atoms with Crippen LogP contribution in [0.1, 0.15) is 48.7 Å². The Balaban J connectivity index is 0.00000180. The Labute approximate surface area is 120 Å². The number of aryl methyl sites for hydroxylation is 1. The summed E-state index contributed by atoms with van der Waals surface area (Å²) in [6, 6.07) is 0.242. The number of aromatic nitrogens is 2. The van der Waals surface area contributed by atoms with Crippen LogP contribution in [0.3, 0.4) is 0 Å². The number of hydrogen-bond donors (Lipinski definition) is 2. The Morgan fingerprint density at radius 1 is 1.58 bits per heavy atom. The van der Waals surface area contributed by atoms with Crippen LogP contribution in [0, 0.1) is 0 Å². The summed E-state index contributed by atoms with van der Waals surface area (Å²) >= 11 is 0. The van der Waals surface area contributed by atoms with Gasteiger partial charge in [-0.15, -0.1) is 12.4 Å². The van der Waals surface area contributed by atoms with Crippen molar-refractivity contribution in [3.05, 3.63) is 17.5 Å². The van der Waals surface area contributed by atoms with E-state index in [9.17, 15) is 4.79 Å². The second kappa shape index (κ2) is 6.91. The fourth-order valence-corrected chi connectivity index (χ4v) is 2.35. The van der Waals surface area contributed by atoms with Gasteiger partial charge < -0.3 is 10.6 Å². The van der Waals surface area contributed by atoms with Crippen LogP contribution in [-0.4, -0.2) is 34.8 Å². The zero-order chi connectivity index (χ0) is 13.1. The number of piperidine rings is 1. The number of rotatable bonds is 3. The van der Waals surface area contributed by atoms with Gasteiger partial charge in [0, 0.05) is 25.8 Å². The first kappa shape index (κ1) is 16.0. The molecule has 0 aliphatic carbocycles. The summed E-state index contributed by atoms with van der Waals surface area (Å²) in [5.41, 5.74) is 1.58. The molecule has 1 atom stereocenters. The molecule has 1 aromatic heterocycles. The van der Waals surface area contributed by atoms with Gasteiger partial charge in [0.15, 0.2) is 0 Å². The predicted molar refractivity (Wildman–Crippen MR) is 77.9 cm³/mol. The van der Waals surface area contributed by atoms with E-state index in [1.165, 1.54) is 0 Å². The molecule has 108 valence electrons. The van der Waals surface area contributed by atoms with Crippen LogP contribution < -0.4 is 10.6 Å². The van der Waals surface area contributed by atoms with Crippen molar-refractivity contribution in [2.75, 3.05) is 13.1 Å². The fourth-order valence-electron chi connectivity index (χ4n) is 2.35. The highest BCUT2D eigenvalue weighted by Gasteiger charge is 2.21. The van der Waals surface area contributed by atoms with Crippen LogP contribution in [-0.2, 0) is 7.05 Å². The van der Waals surface area contributed by atoms with Crippen molar-refractivity contribution in [1.29, 1.82) is 0 Å². The molecule has 5 nitrogen and oxygen atoms in total. The first-order chi connectivity index (χ1) is 8.58. The van der Waals surface area contributed by atoms with E-state index in [4.69, 9.17) is 0 Å². The second-order valence-corrected chi connectivity index (χ2v) is 5.27. The van der Waals surface area contributed by atoms with E-state index >= 15 is 0 Å². The van der Waals surface area contributed by atoms with Crippen molar-refractivity contribution in [2.45, 2.75) is 38.6 Å². The lowest BCUT2D eigenvalue weighted by molar-refractivity contribution is 0.0929. The third-order valence-electron chi connectivity index (χ3n) is 3.28. The summed E-state index contributed by atoms with van der Waals surface area (Å²) in [4.78, 5) is 12.3. The van der Waals surface area contributed by atoms with Gasteiger partial charge in [0.05, 0.1) is 11.3 Å². The van der Waals surface area contributed by atoms with Gasteiger partial charge in [0.1, 0.15) is 0 Å². The molecule has 0 unspecified atom stereocenters. The van der Waals surface area contributed by atoms with Crippen LogP contribution >= 0.6 is 12.4 Å². The molecule has 1 saturated heterocycles. The number of nitrogens with zero attached hydrogens (tertiary/aromatic N) is 2. The molecule has 2 rings (SSSR count). The number of carbonyl (C=O) groups excluding carboxylic acids is 1. The summed E-state index contributed by atoms with van der Waals surface area (Å²) in [6.45, 7) is 6.03. The minimum Gasteiger partial charge on any atom is -0.348 e. The molecule has 0 radical (unpaired) electrons. The number of nitrogens with one attached hydrogen (secondary N) is 2. The van der Waals surface area contributed by atoms with Crippen LogP contribution in [0.2, 0.25) is 0 Å². The SMILES string of the molecule is CC(C)c1nn(C)cc1C(=O)N[C@H]1CCCNC1.Cl. The Morgan fingerprint density at radius 3 is 2.89 bits per heavy atom. The van der Waals surface area contributed by atoms with E-state index < -0.39 is 0 Å². The van der Waals surface area contributed by atoms with Gasteiger partial charge in [0.2, 0.25) is 0 Å². The maximum Gasteiger partial charge on any atom is 0.255 e. The highest BCUT2D eigenvalue weighted by molar-refractivity contribution is 5.95. The normalized spacial score (nSPS) is 19.1. The molecule has 6 heteroatoms. The molecule has 2 N–H and O–H groups in total. The molecule has 1 amide bonds. The largest absolute Gasteiger partial charge is 0.348 e. The molecule has 0 aromatic carbocycles. The smallest absolute Gasteiger partial charge is 0.255 e. The van der Waals surface area contributed by atoms with Crippen LogP contribution in [0.25, 0.3) is 0 Å². The summed E-state index contributed by atoms with van der Waals surface area (Å²) in [5.74, 6) is 0.261. The Kier molecular flexibility index (Phi) is 5.82. The van der Waals surface area contributed by atoms with Crippen molar-refractivity contribution in [2.24, 2.45) is 7.05 Å². The van der Waals surface area contributed by atoms with Gasteiger partial charge in [-0.3, -0.25) is 9.48 Å². The fraction of sp³-hybridized carbons (Fsp3) is 0.692. The van der Waals surface area contributed by atoms with E-state index in [-0.39, 0.29) is 30.3 Å². The van der Waals surface area contributed by atoms with Crippen LogP contribution in [0.4, 0.5) is 0 Å². The maximum absolute atomic E-state index is 12.3. The number of halogens is 1. The summed E-state index contributed by atoms with van der Waals surface area (Å²) < 4.78 is 1.71. The number of carbonyl (C=O) groups is 1. The molecule has 0 bridgehead atoms. The minimum absolute atomic E-state index is 0. The Bertz CT molecular complexity index is 424. The highest BCUT2D eigenvalue weighted by atomic mass is 35.5. The molecule has 0 saturated carbocycles. The van der Waals surface area contributed by atoms with E-state index in [1.54, 1.807) is 10.9 Å². The lowest BCUT2D eigenvalue weighted by Crippen LogP contribution is -2.45. The molecule has 1 aliphatic rings. The average Bonchev–Trinajstić information content (AvgIpc) is 2.73. The second-order valence-electron chi connectivity index (χ2n) is 5.27. The predicted octanol–water partition coefficient (Wildman–Crippen LogP) is 1.45. The van der Waals surface area contributed by atoms with Crippen LogP contribution in [0.15, 0.2) is 6.20 Å². The molecule has 1 aromatic rings. The molecular weight excluding hydrogens is 264 g/mol. The zero-order valence-electron chi connectivity index (χ0n) is 11.8. The third kappa shape index (κ3) is 3.94. The summed E-state index contributed by atoms with van der Waals surface area (Å²) in [7, 11) is 1.85. The molecule has 2 heterocycles. The molecule has 1 aliphatic heterocycles. The van der Waals surface area contributed by atoms with Crippen molar-refractivity contribution in [1.82, 2.24) is 20.4 Å². The van der Waals surface area contributed by atoms with Gasteiger partial charge in [-0.2, -0.15) is 5.10 Å². The van der Waals surface area contributed by atoms with E-state index in [0.717, 1.165) is 31.6 Å². The molecule has 1 fully saturated rings. The van der Waals surface area contributed by atoms with Gasteiger partial charge in [-0.25, -0.2) is 0 Å². The zero-order valence-corrected chi connectivity index (χ0v) is 12.6. The van der Waals surface area contributed by atoms with Crippen molar-refractivity contribution < 1.29 is 4.79 Å². The van der Waals surface area contributed by atoms with Gasteiger partial charge in [-0.05, 0) is 25.3 Å². The quantitative estimate of drug-likeness (QED) is 0.884. The first-order valence-corrected chi connectivity index (χ1v) is 6.63. The third-order valence-corrected chi connectivity index (χ3v) is 3.28. The maximum atomic E-state index is 12.3. The molecular formula is C13H23ClN4O. The van der Waals surface area contributed by atoms with Gasteiger partial charge >= 0.3 is 0 Å². The highest BCUT2D eigenvalue weighted by Crippen LogP contribution is 2.17. The van der Waals surface area contributed by atoms with E-state index in [0.29, 0.717) is 5.56 Å². The first-order valence-electron chi connectivity index (χ1n) is 6.63. The average molecular weight is 287 g/mol.